The number of fused-ring (bicyclic) bond motifs is 1. The largest absolute Gasteiger partial charge is 0.483 e. The number of halogens is 1. The van der Waals surface area contributed by atoms with Gasteiger partial charge in [0.1, 0.15) is 5.75 Å². The lowest BCUT2D eigenvalue weighted by Crippen LogP contribution is -2.52. The first-order valence-electron chi connectivity index (χ1n) is 9.64. The van der Waals surface area contributed by atoms with Crippen LogP contribution in [0.5, 0.6) is 5.75 Å². The number of hydrogen-bond acceptors (Lipinski definition) is 5. The van der Waals surface area contributed by atoms with E-state index in [1.807, 2.05) is 29.2 Å². The zero-order chi connectivity index (χ0) is 20.6. The maximum absolute atomic E-state index is 12.5. The van der Waals surface area contributed by atoms with E-state index in [1.54, 1.807) is 24.1 Å². The summed E-state index contributed by atoms with van der Waals surface area (Å²) in [6.45, 7) is 3.79. The van der Waals surface area contributed by atoms with Crippen molar-refractivity contribution in [2.24, 2.45) is 0 Å². The van der Waals surface area contributed by atoms with Crippen LogP contribution < -0.4 is 10.1 Å². The first kappa shape index (κ1) is 21.4. The Morgan fingerprint density at radius 2 is 1.79 bits per heavy atom. The number of benzene rings is 2. The van der Waals surface area contributed by atoms with Gasteiger partial charge in [-0.15, -0.1) is 0 Å². The standard InChI is InChI=1S/C21H26ClN3O4/c1-28-13-8-23-20(26)14-24-9-11-25(12-10-24)21(27)15-29-19-7-6-18(22)16-4-2-3-5-17(16)19/h2-7H,8-15H2,1H3,(H,23,26). The number of ether oxygens (including phenoxy) is 2. The van der Waals surface area contributed by atoms with Crippen LogP contribution >= 0.6 is 11.6 Å². The van der Waals surface area contributed by atoms with E-state index >= 15 is 0 Å². The molecule has 0 bridgehead atoms. The molecule has 2 aromatic rings. The Hall–Kier alpha value is -2.35. The molecule has 1 aliphatic heterocycles. The lowest BCUT2D eigenvalue weighted by Gasteiger charge is -2.34. The molecule has 29 heavy (non-hydrogen) atoms. The summed E-state index contributed by atoms with van der Waals surface area (Å²) in [5.41, 5.74) is 0. The van der Waals surface area contributed by atoms with Gasteiger partial charge in [0.15, 0.2) is 6.61 Å². The molecule has 0 unspecified atom stereocenters. The van der Waals surface area contributed by atoms with Gasteiger partial charge in [-0.2, -0.15) is 0 Å². The van der Waals surface area contributed by atoms with E-state index in [1.165, 1.54) is 0 Å². The molecule has 8 heteroatoms. The number of carbonyl (C=O) groups excluding carboxylic acids is 2. The van der Waals surface area contributed by atoms with Gasteiger partial charge in [-0.3, -0.25) is 14.5 Å². The second-order valence-electron chi connectivity index (χ2n) is 6.88. The van der Waals surface area contributed by atoms with Crippen molar-refractivity contribution in [2.45, 2.75) is 0 Å². The Kier molecular flexibility index (Phi) is 7.69. The summed E-state index contributed by atoms with van der Waals surface area (Å²) in [4.78, 5) is 28.2. The number of nitrogens with zero attached hydrogens (tertiary/aromatic N) is 2. The van der Waals surface area contributed by atoms with Crippen molar-refractivity contribution in [3.8, 4) is 5.75 Å². The predicted molar refractivity (Wildman–Crippen MR) is 112 cm³/mol. The molecule has 1 aliphatic rings. The van der Waals surface area contributed by atoms with Crippen LogP contribution in [0.25, 0.3) is 10.8 Å². The lowest BCUT2D eigenvalue weighted by molar-refractivity contribution is -0.135. The fraction of sp³-hybridized carbons (Fsp3) is 0.429. The van der Waals surface area contributed by atoms with E-state index < -0.39 is 0 Å². The van der Waals surface area contributed by atoms with Crippen LogP contribution in [-0.2, 0) is 14.3 Å². The molecule has 0 atom stereocenters. The van der Waals surface area contributed by atoms with Gasteiger partial charge in [0.05, 0.1) is 13.2 Å². The fourth-order valence-corrected chi connectivity index (χ4v) is 3.53. The highest BCUT2D eigenvalue weighted by atomic mass is 35.5. The average molecular weight is 420 g/mol. The van der Waals surface area contributed by atoms with E-state index in [2.05, 4.69) is 5.32 Å². The summed E-state index contributed by atoms with van der Waals surface area (Å²) in [6.07, 6.45) is 0. The number of carbonyl (C=O) groups is 2. The van der Waals surface area contributed by atoms with E-state index in [-0.39, 0.29) is 18.4 Å². The number of piperazine rings is 1. The van der Waals surface area contributed by atoms with Crippen LogP contribution in [0.15, 0.2) is 36.4 Å². The zero-order valence-corrected chi connectivity index (χ0v) is 17.3. The van der Waals surface area contributed by atoms with Gasteiger partial charge in [-0.25, -0.2) is 0 Å². The molecule has 1 saturated heterocycles. The Labute approximate surface area is 175 Å². The van der Waals surface area contributed by atoms with Crippen LogP contribution in [0.4, 0.5) is 0 Å². The summed E-state index contributed by atoms with van der Waals surface area (Å²) in [5.74, 6) is 0.553. The second-order valence-corrected chi connectivity index (χ2v) is 7.29. The molecular formula is C21H26ClN3O4. The van der Waals surface area contributed by atoms with Gasteiger partial charge < -0.3 is 19.7 Å². The van der Waals surface area contributed by atoms with Gasteiger partial charge >= 0.3 is 0 Å². The van der Waals surface area contributed by atoms with Gasteiger partial charge in [0.25, 0.3) is 5.91 Å². The normalized spacial score (nSPS) is 14.8. The van der Waals surface area contributed by atoms with E-state index in [4.69, 9.17) is 21.1 Å². The third-order valence-electron chi connectivity index (χ3n) is 4.90. The van der Waals surface area contributed by atoms with Crippen LogP contribution in [0, 0.1) is 0 Å². The average Bonchev–Trinajstić information content (AvgIpc) is 2.74. The molecule has 3 rings (SSSR count). The molecule has 0 saturated carbocycles. The maximum Gasteiger partial charge on any atom is 0.260 e. The quantitative estimate of drug-likeness (QED) is 0.660. The molecule has 2 amide bonds. The lowest BCUT2D eigenvalue weighted by atomic mass is 10.1. The second kappa shape index (κ2) is 10.4. The maximum atomic E-state index is 12.5. The highest BCUT2D eigenvalue weighted by molar-refractivity contribution is 6.35. The highest BCUT2D eigenvalue weighted by Gasteiger charge is 2.22. The third-order valence-corrected chi connectivity index (χ3v) is 5.23. The van der Waals surface area contributed by atoms with Crippen LogP contribution in [0.3, 0.4) is 0 Å². The third kappa shape index (κ3) is 5.82. The first-order chi connectivity index (χ1) is 14.1. The number of nitrogens with one attached hydrogen (secondary N) is 1. The van der Waals surface area contributed by atoms with Crippen molar-refractivity contribution in [2.75, 3.05) is 59.6 Å². The van der Waals surface area contributed by atoms with Crippen molar-refractivity contribution in [1.29, 1.82) is 0 Å². The molecule has 0 radical (unpaired) electrons. The van der Waals surface area contributed by atoms with Crippen LogP contribution in [0.2, 0.25) is 5.02 Å². The Morgan fingerprint density at radius 3 is 2.52 bits per heavy atom. The monoisotopic (exact) mass is 419 g/mol. The minimum atomic E-state index is -0.0618. The first-order valence-corrected chi connectivity index (χ1v) is 10.0. The predicted octanol–water partition coefficient (Wildman–Crippen LogP) is 1.78. The minimum Gasteiger partial charge on any atom is -0.483 e. The summed E-state index contributed by atoms with van der Waals surface area (Å²) in [5, 5.41) is 5.25. The Morgan fingerprint density at radius 1 is 1.07 bits per heavy atom. The smallest absolute Gasteiger partial charge is 0.260 e. The van der Waals surface area contributed by atoms with Crippen LogP contribution in [0.1, 0.15) is 0 Å². The molecule has 1 fully saturated rings. The van der Waals surface area contributed by atoms with Crippen molar-refractivity contribution in [1.82, 2.24) is 15.1 Å². The molecule has 7 nitrogen and oxygen atoms in total. The highest BCUT2D eigenvalue weighted by Crippen LogP contribution is 2.31. The fourth-order valence-electron chi connectivity index (χ4n) is 3.30. The molecule has 2 aromatic carbocycles. The van der Waals surface area contributed by atoms with E-state index in [9.17, 15) is 9.59 Å². The molecule has 1 N–H and O–H groups in total. The Balaban J connectivity index is 1.46. The summed E-state index contributed by atoms with van der Waals surface area (Å²) >= 11 is 6.23. The molecule has 0 aliphatic carbocycles. The molecular weight excluding hydrogens is 394 g/mol. The van der Waals surface area contributed by atoms with Crippen molar-refractivity contribution >= 4 is 34.2 Å². The van der Waals surface area contributed by atoms with Gasteiger partial charge in [0.2, 0.25) is 5.91 Å². The molecule has 0 spiro atoms. The van der Waals surface area contributed by atoms with E-state index in [0.29, 0.717) is 56.6 Å². The van der Waals surface area contributed by atoms with Crippen molar-refractivity contribution in [3.63, 3.8) is 0 Å². The topological polar surface area (TPSA) is 71.1 Å². The van der Waals surface area contributed by atoms with Crippen molar-refractivity contribution in [3.05, 3.63) is 41.4 Å². The number of hydrogen-bond donors (Lipinski definition) is 1. The number of amides is 2. The molecule has 156 valence electrons. The van der Waals surface area contributed by atoms with Crippen LogP contribution in [-0.4, -0.2) is 81.2 Å². The summed E-state index contributed by atoms with van der Waals surface area (Å²) in [6, 6.07) is 11.3. The molecule has 1 heterocycles. The zero-order valence-electron chi connectivity index (χ0n) is 16.5. The van der Waals surface area contributed by atoms with Gasteiger partial charge in [-0.1, -0.05) is 35.9 Å². The summed E-state index contributed by atoms with van der Waals surface area (Å²) < 4.78 is 10.7. The van der Waals surface area contributed by atoms with Gasteiger partial charge in [0, 0.05) is 55.6 Å². The SMILES string of the molecule is COCCNC(=O)CN1CCN(C(=O)COc2ccc(Cl)c3ccccc23)CC1. The Bertz CT molecular complexity index is 853. The minimum absolute atomic E-state index is 0.0247. The van der Waals surface area contributed by atoms with E-state index in [0.717, 1.165) is 10.8 Å². The van der Waals surface area contributed by atoms with Gasteiger partial charge in [-0.05, 0) is 12.1 Å². The summed E-state index contributed by atoms with van der Waals surface area (Å²) in [7, 11) is 1.60. The number of rotatable bonds is 8. The molecule has 0 aromatic heterocycles. The number of methoxy groups -OCH3 is 1. The van der Waals surface area contributed by atoms with Crippen molar-refractivity contribution < 1.29 is 19.1 Å².